The van der Waals surface area contributed by atoms with E-state index in [1.807, 2.05) is 29.2 Å². The summed E-state index contributed by atoms with van der Waals surface area (Å²) in [6, 6.07) is 7.66. The van der Waals surface area contributed by atoms with Gasteiger partial charge in [-0.05, 0) is 17.7 Å². The molecular formula is C13H22N2O3. The number of methoxy groups -OCH3 is 1. The van der Waals surface area contributed by atoms with Crippen molar-refractivity contribution in [3.63, 3.8) is 0 Å². The van der Waals surface area contributed by atoms with Crippen molar-refractivity contribution < 1.29 is 14.9 Å². The average molecular weight is 254 g/mol. The monoisotopic (exact) mass is 254 g/mol. The number of aliphatic hydroxyl groups excluding tert-OH is 2. The number of hydrogen-bond donors (Lipinski definition) is 3. The van der Waals surface area contributed by atoms with E-state index in [0.717, 1.165) is 11.3 Å². The molecule has 0 spiro atoms. The number of ether oxygens (including phenoxy) is 1. The lowest BCUT2D eigenvalue weighted by Gasteiger charge is -2.30. The van der Waals surface area contributed by atoms with E-state index in [1.54, 1.807) is 7.11 Å². The van der Waals surface area contributed by atoms with Crippen LogP contribution in [0.3, 0.4) is 0 Å². The van der Waals surface area contributed by atoms with Gasteiger partial charge >= 0.3 is 0 Å². The first-order valence-corrected chi connectivity index (χ1v) is 6.06. The normalized spacial score (nSPS) is 12.7. The SMILES string of the molecule is COc1cccc(C(CN)N(CCO)CCO)c1. The van der Waals surface area contributed by atoms with Gasteiger partial charge in [-0.3, -0.25) is 4.90 Å². The fourth-order valence-corrected chi connectivity index (χ4v) is 2.03. The van der Waals surface area contributed by atoms with E-state index in [9.17, 15) is 0 Å². The third-order valence-corrected chi connectivity index (χ3v) is 2.92. The summed E-state index contributed by atoms with van der Waals surface area (Å²) in [6.45, 7) is 1.48. The van der Waals surface area contributed by atoms with E-state index in [2.05, 4.69) is 0 Å². The average Bonchev–Trinajstić information content (AvgIpc) is 2.40. The lowest BCUT2D eigenvalue weighted by atomic mass is 10.0. The Kier molecular flexibility index (Phi) is 6.67. The van der Waals surface area contributed by atoms with Crippen LogP contribution < -0.4 is 10.5 Å². The molecule has 1 aromatic carbocycles. The summed E-state index contributed by atoms with van der Waals surface area (Å²) >= 11 is 0. The van der Waals surface area contributed by atoms with Gasteiger partial charge in [0.2, 0.25) is 0 Å². The van der Waals surface area contributed by atoms with E-state index < -0.39 is 0 Å². The Morgan fingerprint density at radius 3 is 2.44 bits per heavy atom. The van der Waals surface area contributed by atoms with Crippen LogP contribution in [0.25, 0.3) is 0 Å². The van der Waals surface area contributed by atoms with Crippen LogP contribution in [0.5, 0.6) is 5.75 Å². The molecule has 0 aliphatic rings. The largest absolute Gasteiger partial charge is 0.497 e. The summed E-state index contributed by atoms with van der Waals surface area (Å²) in [7, 11) is 1.62. The van der Waals surface area contributed by atoms with Crippen LogP contribution in [0.1, 0.15) is 11.6 Å². The summed E-state index contributed by atoms with van der Waals surface area (Å²) in [5.41, 5.74) is 6.84. The van der Waals surface area contributed by atoms with Crippen molar-refractivity contribution in [2.24, 2.45) is 5.73 Å². The Morgan fingerprint density at radius 2 is 1.94 bits per heavy atom. The first-order chi connectivity index (χ1) is 8.76. The van der Waals surface area contributed by atoms with Gasteiger partial charge in [0.15, 0.2) is 0 Å². The smallest absolute Gasteiger partial charge is 0.119 e. The van der Waals surface area contributed by atoms with Crippen molar-refractivity contribution >= 4 is 0 Å². The summed E-state index contributed by atoms with van der Waals surface area (Å²) in [6.07, 6.45) is 0. The minimum atomic E-state index is -0.0283. The zero-order valence-corrected chi connectivity index (χ0v) is 10.7. The molecular weight excluding hydrogens is 232 g/mol. The van der Waals surface area contributed by atoms with Crippen LogP contribution in [0.15, 0.2) is 24.3 Å². The Balaban J connectivity index is 2.90. The molecule has 0 aromatic heterocycles. The number of nitrogens with two attached hydrogens (primary N) is 1. The second-order valence-corrected chi connectivity index (χ2v) is 4.01. The Hall–Kier alpha value is -1.14. The molecule has 0 aliphatic heterocycles. The fourth-order valence-electron chi connectivity index (χ4n) is 2.03. The molecule has 1 unspecified atom stereocenters. The molecule has 0 aliphatic carbocycles. The van der Waals surface area contributed by atoms with E-state index in [1.165, 1.54) is 0 Å². The van der Waals surface area contributed by atoms with Gasteiger partial charge in [0, 0.05) is 25.7 Å². The van der Waals surface area contributed by atoms with Crippen molar-refractivity contribution in [2.75, 3.05) is 40.0 Å². The molecule has 5 heteroatoms. The molecule has 1 rings (SSSR count). The van der Waals surface area contributed by atoms with Crippen molar-refractivity contribution in [2.45, 2.75) is 6.04 Å². The second-order valence-electron chi connectivity index (χ2n) is 4.01. The quantitative estimate of drug-likeness (QED) is 0.608. The van der Waals surface area contributed by atoms with Gasteiger partial charge in [-0.1, -0.05) is 12.1 Å². The van der Waals surface area contributed by atoms with E-state index in [-0.39, 0.29) is 19.3 Å². The summed E-state index contributed by atoms with van der Waals surface area (Å²) < 4.78 is 5.19. The maximum Gasteiger partial charge on any atom is 0.119 e. The first-order valence-electron chi connectivity index (χ1n) is 6.06. The third kappa shape index (κ3) is 3.96. The number of aliphatic hydroxyl groups is 2. The highest BCUT2D eigenvalue weighted by Gasteiger charge is 2.18. The molecule has 0 saturated carbocycles. The fraction of sp³-hybridized carbons (Fsp3) is 0.538. The van der Waals surface area contributed by atoms with Gasteiger partial charge in [-0.25, -0.2) is 0 Å². The topological polar surface area (TPSA) is 79.0 Å². The van der Waals surface area contributed by atoms with Gasteiger partial charge in [-0.2, -0.15) is 0 Å². The molecule has 5 nitrogen and oxygen atoms in total. The van der Waals surface area contributed by atoms with Gasteiger partial charge in [0.25, 0.3) is 0 Å². The molecule has 18 heavy (non-hydrogen) atoms. The van der Waals surface area contributed by atoms with Crippen LogP contribution in [0, 0.1) is 0 Å². The highest BCUT2D eigenvalue weighted by molar-refractivity contribution is 5.30. The predicted octanol–water partition coefficient (Wildman–Crippen LogP) is -0.0184. The zero-order valence-electron chi connectivity index (χ0n) is 10.7. The van der Waals surface area contributed by atoms with Gasteiger partial charge < -0.3 is 20.7 Å². The number of hydrogen-bond acceptors (Lipinski definition) is 5. The number of nitrogens with zero attached hydrogens (tertiary/aromatic N) is 1. The van der Waals surface area contributed by atoms with Crippen molar-refractivity contribution in [3.8, 4) is 5.75 Å². The molecule has 0 saturated heterocycles. The maximum absolute atomic E-state index is 9.07. The third-order valence-electron chi connectivity index (χ3n) is 2.92. The molecule has 0 bridgehead atoms. The van der Waals surface area contributed by atoms with Crippen LogP contribution in [0.2, 0.25) is 0 Å². The van der Waals surface area contributed by atoms with Crippen LogP contribution in [-0.2, 0) is 0 Å². The van der Waals surface area contributed by atoms with Crippen molar-refractivity contribution in [1.29, 1.82) is 0 Å². The van der Waals surface area contributed by atoms with Crippen LogP contribution >= 0.6 is 0 Å². The van der Waals surface area contributed by atoms with Crippen LogP contribution in [-0.4, -0.2) is 55.1 Å². The Labute approximate surface area is 108 Å². The molecule has 4 N–H and O–H groups in total. The molecule has 0 heterocycles. The summed E-state index contributed by atoms with van der Waals surface area (Å²) in [4.78, 5) is 1.97. The van der Waals surface area contributed by atoms with Crippen molar-refractivity contribution in [3.05, 3.63) is 29.8 Å². The predicted molar refractivity (Wildman–Crippen MR) is 70.5 cm³/mol. The molecule has 1 atom stereocenters. The highest BCUT2D eigenvalue weighted by Crippen LogP contribution is 2.23. The standard InChI is InChI=1S/C13H22N2O3/c1-18-12-4-2-3-11(9-12)13(10-14)15(5-7-16)6-8-17/h2-4,9,13,16-17H,5-8,10,14H2,1H3. The van der Waals surface area contributed by atoms with E-state index >= 15 is 0 Å². The first kappa shape index (κ1) is 14.9. The summed E-state index contributed by atoms with van der Waals surface area (Å²) in [5, 5.41) is 18.1. The zero-order chi connectivity index (χ0) is 13.4. The van der Waals surface area contributed by atoms with Crippen LogP contribution in [0.4, 0.5) is 0 Å². The lowest BCUT2D eigenvalue weighted by Crippen LogP contribution is -2.37. The number of rotatable bonds is 8. The molecule has 0 amide bonds. The Bertz CT molecular complexity index is 341. The van der Waals surface area contributed by atoms with Gasteiger partial charge in [0.1, 0.15) is 5.75 Å². The van der Waals surface area contributed by atoms with Gasteiger partial charge in [-0.15, -0.1) is 0 Å². The minimum Gasteiger partial charge on any atom is -0.497 e. The molecule has 1 aromatic rings. The van der Waals surface area contributed by atoms with E-state index in [0.29, 0.717) is 19.6 Å². The lowest BCUT2D eigenvalue weighted by molar-refractivity contribution is 0.124. The minimum absolute atomic E-state index is 0.0283. The summed E-state index contributed by atoms with van der Waals surface area (Å²) in [5.74, 6) is 0.777. The van der Waals surface area contributed by atoms with Gasteiger partial charge in [0.05, 0.1) is 20.3 Å². The molecule has 102 valence electrons. The second kappa shape index (κ2) is 8.05. The maximum atomic E-state index is 9.07. The highest BCUT2D eigenvalue weighted by atomic mass is 16.5. The molecule has 0 fully saturated rings. The number of benzene rings is 1. The Morgan fingerprint density at radius 1 is 1.28 bits per heavy atom. The molecule has 0 radical (unpaired) electrons. The van der Waals surface area contributed by atoms with Crippen molar-refractivity contribution in [1.82, 2.24) is 4.90 Å². The van der Waals surface area contributed by atoms with E-state index in [4.69, 9.17) is 20.7 Å².